The van der Waals surface area contributed by atoms with E-state index in [0.717, 1.165) is 38.8 Å². The van der Waals surface area contributed by atoms with Crippen LogP contribution < -0.4 is 4.74 Å². The van der Waals surface area contributed by atoms with E-state index in [-0.39, 0.29) is 0 Å². The van der Waals surface area contributed by atoms with Crippen LogP contribution in [0.25, 0.3) is 22.4 Å². The van der Waals surface area contributed by atoms with Crippen molar-refractivity contribution in [2.24, 2.45) is 0 Å². The first kappa shape index (κ1) is 13.6. The predicted molar refractivity (Wildman–Crippen MR) is 87.5 cm³/mol. The van der Waals surface area contributed by atoms with Crippen LogP contribution in [0.5, 0.6) is 5.75 Å². The molecule has 3 aromatic rings. The molecular formula is C17H16ClN3O. The third-order valence-electron chi connectivity index (χ3n) is 4.19. The number of hydrogen-bond donors (Lipinski definition) is 0. The molecular weight excluding hydrogens is 298 g/mol. The summed E-state index contributed by atoms with van der Waals surface area (Å²) < 4.78 is 7.69. The minimum atomic E-state index is 0.504. The molecule has 1 aliphatic rings. The fraction of sp³-hybridized carbons (Fsp3) is 0.294. The second-order valence-corrected chi connectivity index (χ2v) is 6.12. The fourth-order valence-corrected chi connectivity index (χ4v) is 3.06. The lowest BCUT2D eigenvalue weighted by molar-refractivity contribution is 0.410. The van der Waals surface area contributed by atoms with Gasteiger partial charge in [-0.3, -0.25) is 4.98 Å². The minimum absolute atomic E-state index is 0.504. The van der Waals surface area contributed by atoms with Crippen LogP contribution in [0.15, 0.2) is 30.6 Å². The Bertz CT molecular complexity index is 868. The third kappa shape index (κ3) is 2.06. The molecule has 0 radical (unpaired) electrons. The first-order chi connectivity index (χ1) is 10.7. The summed E-state index contributed by atoms with van der Waals surface area (Å²) in [5, 5.41) is 0.737. The van der Waals surface area contributed by atoms with Crippen LogP contribution in [0.3, 0.4) is 0 Å². The van der Waals surface area contributed by atoms with Gasteiger partial charge in [0.2, 0.25) is 0 Å². The van der Waals surface area contributed by atoms with Gasteiger partial charge in [0, 0.05) is 28.4 Å². The van der Waals surface area contributed by atoms with Crippen molar-refractivity contribution in [2.45, 2.75) is 25.8 Å². The number of imidazole rings is 1. The molecule has 5 heteroatoms. The molecule has 1 aliphatic carbocycles. The first-order valence-corrected chi connectivity index (χ1v) is 7.73. The number of pyridine rings is 1. The molecule has 0 amide bonds. The zero-order chi connectivity index (χ0) is 15.3. The lowest BCUT2D eigenvalue weighted by atomic mass is 10.1. The van der Waals surface area contributed by atoms with E-state index in [1.54, 1.807) is 13.3 Å². The molecule has 0 aliphatic heterocycles. The lowest BCUT2D eigenvalue weighted by Gasteiger charge is -2.12. The number of methoxy groups -OCH3 is 1. The van der Waals surface area contributed by atoms with Gasteiger partial charge in [0.25, 0.3) is 0 Å². The SMILES string of the molecule is COc1cncc(-c2nc3ccc(Cl)cc3n2C2CC2)c1C. The van der Waals surface area contributed by atoms with Crippen LogP contribution >= 0.6 is 11.6 Å². The highest BCUT2D eigenvalue weighted by atomic mass is 35.5. The van der Waals surface area contributed by atoms with Crippen LogP contribution in [0.4, 0.5) is 0 Å². The lowest BCUT2D eigenvalue weighted by Crippen LogP contribution is -2.00. The van der Waals surface area contributed by atoms with Gasteiger partial charge in [-0.15, -0.1) is 0 Å². The normalized spacial score (nSPS) is 14.5. The van der Waals surface area contributed by atoms with Gasteiger partial charge in [0.15, 0.2) is 0 Å². The summed E-state index contributed by atoms with van der Waals surface area (Å²) in [6.45, 7) is 2.04. The van der Waals surface area contributed by atoms with E-state index in [0.29, 0.717) is 6.04 Å². The molecule has 0 N–H and O–H groups in total. The Morgan fingerprint density at radius 2 is 2.09 bits per heavy atom. The molecule has 1 aromatic carbocycles. The molecule has 4 rings (SSSR count). The van der Waals surface area contributed by atoms with E-state index in [1.165, 1.54) is 12.8 Å². The van der Waals surface area contributed by atoms with Crippen molar-refractivity contribution >= 4 is 22.6 Å². The maximum absolute atomic E-state index is 6.18. The number of fused-ring (bicyclic) bond motifs is 1. The van der Waals surface area contributed by atoms with Crippen molar-refractivity contribution in [2.75, 3.05) is 7.11 Å². The molecule has 2 heterocycles. The monoisotopic (exact) mass is 313 g/mol. The maximum atomic E-state index is 6.18. The van der Waals surface area contributed by atoms with Crippen molar-refractivity contribution in [3.63, 3.8) is 0 Å². The van der Waals surface area contributed by atoms with E-state index in [9.17, 15) is 0 Å². The number of aromatic nitrogens is 3. The second-order valence-electron chi connectivity index (χ2n) is 5.68. The Balaban J connectivity index is 2.01. The Hall–Kier alpha value is -2.07. The van der Waals surface area contributed by atoms with Gasteiger partial charge >= 0.3 is 0 Å². The number of benzene rings is 1. The van der Waals surface area contributed by atoms with E-state index >= 15 is 0 Å². The summed E-state index contributed by atoms with van der Waals surface area (Å²) in [7, 11) is 1.66. The zero-order valence-electron chi connectivity index (χ0n) is 12.5. The van der Waals surface area contributed by atoms with Gasteiger partial charge in [-0.05, 0) is 38.0 Å². The Kier molecular flexibility index (Phi) is 3.08. The smallest absolute Gasteiger partial charge is 0.143 e. The largest absolute Gasteiger partial charge is 0.495 e. The fourth-order valence-electron chi connectivity index (χ4n) is 2.90. The highest BCUT2D eigenvalue weighted by molar-refractivity contribution is 6.31. The summed E-state index contributed by atoms with van der Waals surface area (Å²) >= 11 is 6.18. The summed E-state index contributed by atoms with van der Waals surface area (Å²) in [6, 6.07) is 6.36. The Labute approximate surface area is 133 Å². The molecule has 0 unspecified atom stereocenters. The van der Waals surface area contributed by atoms with Gasteiger partial charge in [-0.25, -0.2) is 4.98 Å². The Morgan fingerprint density at radius 3 is 2.82 bits per heavy atom. The van der Waals surface area contributed by atoms with Gasteiger partial charge in [0.05, 0.1) is 24.3 Å². The number of nitrogens with zero attached hydrogens (tertiary/aromatic N) is 3. The Morgan fingerprint density at radius 1 is 1.27 bits per heavy atom. The summed E-state index contributed by atoms with van der Waals surface area (Å²) in [5.41, 5.74) is 4.13. The van der Waals surface area contributed by atoms with Crippen molar-refractivity contribution < 1.29 is 4.74 Å². The van der Waals surface area contributed by atoms with E-state index in [1.807, 2.05) is 31.3 Å². The van der Waals surface area contributed by atoms with E-state index in [4.69, 9.17) is 21.3 Å². The molecule has 0 saturated heterocycles. The topological polar surface area (TPSA) is 39.9 Å². The standard InChI is InChI=1S/C17H16ClN3O/c1-10-13(8-19-9-16(10)22-2)17-20-14-6-3-11(18)7-15(14)21(17)12-4-5-12/h3,6-9,12H,4-5H2,1-2H3. The van der Waals surface area contributed by atoms with Crippen LogP contribution in [-0.2, 0) is 0 Å². The van der Waals surface area contributed by atoms with E-state index < -0.39 is 0 Å². The van der Waals surface area contributed by atoms with Crippen molar-refractivity contribution in [1.29, 1.82) is 0 Å². The molecule has 2 aromatic heterocycles. The van der Waals surface area contributed by atoms with E-state index in [2.05, 4.69) is 9.55 Å². The van der Waals surface area contributed by atoms with Crippen LogP contribution in [0.2, 0.25) is 5.02 Å². The van der Waals surface area contributed by atoms with Crippen molar-refractivity contribution in [1.82, 2.24) is 14.5 Å². The quantitative estimate of drug-likeness (QED) is 0.719. The van der Waals surface area contributed by atoms with Gasteiger partial charge < -0.3 is 9.30 Å². The van der Waals surface area contributed by atoms with Crippen molar-refractivity contribution in [3.8, 4) is 17.1 Å². The highest BCUT2D eigenvalue weighted by Gasteiger charge is 2.29. The van der Waals surface area contributed by atoms with Gasteiger partial charge in [0.1, 0.15) is 11.6 Å². The molecule has 1 fully saturated rings. The summed E-state index contributed by atoms with van der Waals surface area (Å²) in [4.78, 5) is 9.13. The van der Waals surface area contributed by atoms with Crippen LogP contribution in [0, 0.1) is 6.92 Å². The number of rotatable bonds is 3. The highest BCUT2D eigenvalue weighted by Crippen LogP contribution is 2.42. The van der Waals surface area contributed by atoms with Gasteiger partial charge in [-0.1, -0.05) is 11.6 Å². The third-order valence-corrected chi connectivity index (χ3v) is 4.43. The number of halogens is 1. The summed E-state index contributed by atoms with van der Waals surface area (Å²) in [6.07, 6.45) is 5.96. The number of ether oxygens (including phenoxy) is 1. The van der Waals surface area contributed by atoms with Crippen LogP contribution in [0.1, 0.15) is 24.4 Å². The molecule has 0 atom stereocenters. The molecule has 0 spiro atoms. The first-order valence-electron chi connectivity index (χ1n) is 7.35. The minimum Gasteiger partial charge on any atom is -0.495 e. The average Bonchev–Trinajstić information content (AvgIpc) is 3.28. The zero-order valence-corrected chi connectivity index (χ0v) is 13.3. The predicted octanol–water partition coefficient (Wildman–Crippen LogP) is 4.40. The average molecular weight is 314 g/mol. The molecule has 0 bridgehead atoms. The van der Waals surface area contributed by atoms with Crippen LogP contribution in [-0.4, -0.2) is 21.6 Å². The molecule has 4 nitrogen and oxygen atoms in total. The number of hydrogen-bond acceptors (Lipinski definition) is 3. The maximum Gasteiger partial charge on any atom is 0.143 e. The van der Waals surface area contributed by atoms with Crippen molar-refractivity contribution in [3.05, 3.63) is 41.2 Å². The van der Waals surface area contributed by atoms with Gasteiger partial charge in [-0.2, -0.15) is 0 Å². The second kappa shape index (κ2) is 4.99. The molecule has 1 saturated carbocycles. The molecule has 22 heavy (non-hydrogen) atoms. The molecule has 112 valence electrons. The summed E-state index contributed by atoms with van der Waals surface area (Å²) in [5.74, 6) is 1.73.